The fourth-order valence-corrected chi connectivity index (χ4v) is 3.88. The molecular weight excluding hydrogens is 402 g/mol. The van der Waals surface area contributed by atoms with E-state index in [2.05, 4.69) is 0 Å². The zero-order valence-corrected chi connectivity index (χ0v) is 17.7. The first kappa shape index (κ1) is 20.1. The van der Waals surface area contributed by atoms with Crippen LogP contribution in [0.2, 0.25) is 0 Å². The number of hydrogen-bond acceptors (Lipinski definition) is 6. The highest BCUT2D eigenvalue weighted by molar-refractivity contribution is 7.09. The second-order valence-electron chi connectivity index (χ2n) is 6.77. The first-order valence-corrected chi connectivity index (χ1v) is 10.6. The average molecular weight is 426 g/mol. The molecule has 156 valence electrons. The third kappa shape index (κ3) is 4.52. The molecule has 0 spiro atoms. The van der Waals surface area contributed by atoms with E-state index >= 15 is 0 Å². The molecule has 1 amide bonds. The maximum absolute atomic E-state index is 13.4. The predicted octanol–water partition coefficient (Wildman–Crippen LogP) is 4.53. The van der Waals surface area contributed by atoms with Gasteiger partial charge in [0.25, 0.3) is 5.91 Å². The largest absolute Gasteiger partial charge is 0.497 e. The summed E-state index contributed by atoms with van der Waals surface area (Å²) >= 11 is 1.61. The molecule has 1 unspecified atom stereocenters. The number of benzene rings is 2. The van der Waals surface area contributed by atoms with Crippen molar-refractivity contribution in [3.05, 3.63) is 64.9 Å². The minimum atomic E-state index is -0.674. The summed E-state index contributed by atoms with van der Waals surface area (Å²) < 4.78 is 22.4. The monoisotopic (exact) mass is 425 g/mol. The minimum absolute atomic E-state index is 0.143. The van der Waals surface area contributed by atoms with Crippen LogP contribution >= 0.6 is 11.3 Å². The van der Waals surface area contributed by atoms with Crippen molar-refractivity contribution < 1.29 is 23.7 Å². The zero-order chi connectivity index (χ0) is 20.9. The Labute approximate surface area is 179 Å². The Balaban J connectivity index is 1.57. The number of nitrogens with zero attached hydrogens (tertiary/aromatic N) is 1. The Hall–Kier alpha value is -3.19. The molecule has 2 heterocycles. The van der Waals surface area contributed by atoms with Crippen LogP contribution in [0.15, 0.2) is 60.0 Å². The molecule has 6 nitrogen and oxygen atoms in total. The summed E-state index contributed by atoms with van der Waals surface area (Å²) in [5.41, 5.74) is 0.739. The third-order valence-electron chi connectivity index (χ3n) is 4.72. The number of thiophene rings is 1. The van der Waals surface area contributed by atoms with Gasteiger partial charge in [0, 0.05) is 16.6 Å². The van der Waals surface area contributed by atoms with Crippen LogP contribution < -0.4 is 23.8 Å². The second-order valence-corrected chi connectivity index (χ2v) is 7.80. The lowest BCUT2D eigenvalue weighted by Gasteiger charge is -2.27. The number of rotatable bonds is 7. The summed E-state index contributed by atoms with van der Waals surface area (Å²) in [6.07, 6.45) is -0.674. The van der Waals surface area contributed by atoms with Crippen LogP contribution in [0.5, 0.6) is 23.0 Å². The van der Waals surface area contributed by atoms with E-state index in [1.165, 1.54) is 0 Å². The first-order valence-electron chi connectivity index (χ1n) is 9.68. The maximum atomic E-state index is 13.4. The van der Waals surface area contributed by atoms with Gasteiger partial charge >= 0.3 is 0 Å². The third-order valence-corrected chi connectivity index (χ3v) is 5.58. The number of amides is 1. The van der Waals surface area contributed by atoms with E-state index in [1.54, 1.807) is 54.5 Å². The molecule has 1 aliphatic rings. The molecule has 0 saturated carbocycles. The van der Waals surface area contributed by atoms with Crippen LogP contribution in [-0.4, -0.2) is 32.3 Å². The van der Waals surface area contributed by atoms with E-state index < -0.39 is 6.10 Å². The normalized spacial score (nSPS) is 13.4. The Morgan fingerprint density at radius 1 is 1.07 bits per heavy atom. The van der Waals surface area contributed by atoms with E-state index in [1.807, 2.05) is 35.7 Å². The van der Waals surface area contributed by atoms with E-state index in [0.29, 0.717) is 37.0 Å². The smallest absolute Gasteiger partial charge is 0.268 e. The number of fused-ring (bicyclic) bond motifs is 1. The van der Waals surface area contributed by atoms with Crippen molar-refractivity contribution in [2.75, 3.05) is 25.2 Å². The van der Waals surface area contributed by atoms with Gasteiger partial charge in [-0.3, -0.25) is 4.79 Å². The maximum Gasteiger partial charge on any atom is 0.268 e. The topological polar surface area (TPSA) is 57.2 Å². The molecule has 0 radical (unpaired) electrons. The number of carbonyl (C=O) groups excluding carboxylic acids is 1. The van der Waals surface area contributed by atoms with Crippen LogP contribution in [0.25, 0.3) is 0 Å². The highest BCUT2D eigenvalue weighted by Crippen LogP contribution is 2.35. The van der Waals surface area contributed by atoms with Gasteiger partial charge in [-0.05, 0) is 54.8 Å². The van der Waals surface area contributed by atoms with Crippen molar-refractivity contribution in [2.24, 2.45) is 0 Å². The molecular formula is C23H23NO5S. The van der Waals surface area contributed by atoms with E-state index in [4.69, 9.17) is 18.9 Å². The van der Waals surface area contributed by atoms with Crippen molar-refractivity contribution in [1.82, 2.24) is 0 Å². The molecule has 0 aliphatic carbocycles. The van der Waals surface area contributed by atoms with Gasteiger partial charge in [0.2, 0.25) is 0 Å². The summed E-state index contributed by atoms with van der Waals surface area (Å²) in [4.78, 5) is 16.2. The van der Waals surface area contributed by atoms with Gasteiger partial charge in [-0.2, -0.15) is 0 Å². The number of carbonyl (C=O) groups is 1. The van der Waals surface area contributed by atoms with Crippen LogP contribution in [-0.2, 0) is 11.3 Å². The Morgan fingerprint density at radius 3 is 2.50 bits per heavy atom. The van der Waals surface area contributed by atoms with Gasteiger partial charge in [0.05, 0.1) is 13.7 Å². The molecule has 0 bridgehead atoms. The predicted molar refractivity (Wildman–Crippen MR) is 116 cm³/mol. The van der Waals surface area contributed by atoms with Crippen LogP contribution in [0.4, 0.5) is 5.69 Å². The average Bonchev–Trinajstić information content (AvgIpc) is 3.30. The lowest BCUT2D eigenvalue weighted by molar-refractivity contribution is -0.124. The van der Waals surface area contributed by atoms with Gasteiger partial charge in [-0.1, -0.05) is 6.07 Å². The van der Waals surface area contributed by atoms with Crippen molar-refractivity contribution in [2.45, 2.75) is 19.6 Å². The lowest BCUT2D eigenvalue weighted by Crippen LogP contribution is -2.40. The molecule has 4 rings (SSSR count). The molecule has 3 aromatic rings. The molecule has 0 saturated heterocycles. The highest BCUT2D eigenvalue weighted by atomic mass is 32.1. The number of anilines is 1. The minimum Gasteiger partial charge on any atom is -0.497 e. The quantitative estimate of drug-likeness (QED) is 0.557. The van der Waals surface area contributed by atoms with Crippen LogP contribution in [0.1, 0.15) is 11.8 Å². The molecule has 1 aromatic heterocycles. The van der Waals surface area contributed by atoms with E-state index in [9.17, 15) is 4.79 Å². The Morgan fingerprint density at radius 2 is 1.80 bits per heavy atom. The van der Waals surface area contributed by atoms with Crippen LogP contribution in [0, 0.1) is 0 Å². The summed E-state index contributed by atoms with van der Waals surface area (Å²) in [7, 11) is 1.61. The first-order chi connectivity index (χ1) is 14.6. The summed E-state index contributed by atoms with van der Waals surface area (Å²) in [6.45, 7) is 3.22. The molecule has 1 atom stereocenters. The molecule has 7 heteroatoms. The molecule has 30 heavy (non-hydrogen) atoms. The fourth-order valence-electron chi connectivity index (χ4n) is 3.18. The van der Waals surface area contributed by atoms with Crippen molar-refractivity contribution >= 4 is 22.9 Å². The van der Waals surface area contributed by atoms with Gasteiger partial charge in [0.1, 0.15) is 24.7 Å². The van der Waals surface area contributed by atoms with Crippen LogP contribution in [0.3, 0.4) is 0 Å². The Bertz CT molecular complexity index is 987. The van der Waals surface area contributed by atoms with Crippen molar-refractivity contribution in [3.63, 3.8) is 0 Å². The zero-order valence-electron chi connectivity index (χ0n) is 16.9. The summed E-state index contributed by atoms with van der Waals surface area (Å²) in [5.74, 6) is 2.53. The SMILES string of the molecule is COc1ccc(OC(C)C(=O)N(Cc2cccs2)c2ccc3c(c2)OCCO3)cc1. The molecule has 2 aromatic carbocycles. The second kappa shape index (κ2) is 9.09. The van der Waals surface area contributed by atoms with Gasteiger partial charge < -0.3 is 23.8 Å². The Kier molecular flexibility index (Phi) is 6.09. The van der Waals surface area contributed by atoms with E-state index in [0.717, 1.165) is 16.3 Å². The van der Waals surface area contributed by atoms with Gasteiger partial charge in [-0.15, -0.1) is 11.3 Å². The fraction of sp³-hybridized carbons (Fsp3) is 0.261. The highest BCUT2D eigenvalue weighted by Gasteiger charge is 2.26. The summed E-state index contributed by atoms with van der Waals surface area (Å²) in [6, 6.07) is 16.7. The van der Waals surface area contributed by atoms with Gasteiger partial charge in [0.15, 0.2) is 17.6 Å². The standard InChI is InChI=1S/C23H23NO5S/c1-16(29-19-8-6-18(26-2)7-9-19)23(25)24(15-20-4-3-13-30-20)17-5-10-21-22(14-17)28-12-11-27-21/h3-10,13-14,16H,11-12,15H2,1-2H3. The van der Waals surface area contributed by atoms with Crippen molar-refractivity contribution in [3.8, 4) is 23.0 Å². The van der Waals surface area contributed by atoms with Crippen molar-refractivity contribution in [1.29, 1.82) is 0 Å². The molecule has 1 aliphatic heterocycles. The number of methoxy groups -OCH3 is 1. The lowest BCUT2D eigenvalue weighted by atomic mass is 10.2. The van der Waals surface area contributed by atoms with Gasteiger partial charge in [-0.25, -0.2) is 0 Å². The van der Waals surface area contributed by atoms with E-state index in [-0.39, 0.29) is 5.91 Å². The number of ether oxygens (including phenoxy) is 4. The molecule has 0 N–H and O–H groups in total. The number of hydrogen-bond donors (Lipinski definition) is 0. The molecule has 0 fully saturated rings. The summed E-state index contributed by atoms with van der Waals surface area (Å²) in [5, 5.41) is 2.00.